The predicted molar refractivity (Wildman–Crippen MR) is 107 cm³/mol. The number of anilines is 1. The Hall–Kier alpha value is -3.65. The lowest BCUT2D eigenvalue weighted by atomic mass is 10.1. The highest BCUT2D eigenvalue weighted by Crippen LogP contribution is 2.33. The van der Waals surface area contributed by atoms with Crippen LogP contribution in [0.25, 0.3) is 11.3 Å². The fourth-order valence-electron chi connectivity index (χ4n) is 2.45. The fourth-order valence-corrected chi connectivity index (χ4v) is 2.62. The Bertz CT molecular complexity index is 1060. The summed E-state index contributed by atoms with van der Waals surface area (Å²) < 4.78 is 5.55. The number of carbonyl (C=O) groups excluding carboxylic acids is 1. The number of hydrogen-bond acceptors (Lipinski definition) is 5. The second-order valence-electron chi connectivity index (χ2n) is 5.76. The first-order valence-electron chi connectivity index (χ1n) is 8.14. The van der Waals surface area contributed by atoms with E-state index < -0.39 is 11.0 Å². The molecule has 2 amide bonds. The van der Waals surface area contributed by atoms with E-state index in [0.717, 1.165) is 5.56 Å². The maximum absolute atomic E-state index is 11.9. The quantitative estimate of drug-likeness (QED) is 0.359. The molecular weight excluding hydrogens is 384 g/mol. The molecule has 8 nitrogen and oxygen atoms in total. The molecule has 0 bridgehead atoms. The minimum Gasteiger partial charge on any atom is -0.455 e. The fraction of sp³-hybridized carbons (Fsp3) is 0.0526. The molecule has 0 aliphatic heterocycles. The van der Waals surface area contributed by atoms with E-state index in [1.807, 2.05) is 25.1 Å². The van der Waals surface area contributed by atoms with Crippen LogP contribution in [0.2, 0.25) is 5.02 Å². The summed E-state index contributed by atoms with van der Waals surface area (Å²) >= 11 is 5.82. The van der Waals surface area contributed by atoms with Crippen molar-refractivity contribution in [1.29, 1.82) is 0 Å². The maximum Gasteiger partial charge on any atom is 0.339 e. The van der Waals surface area contributed by atoms with Gasteiger partial charge in [0.25, 0.3) is 5.69 Å². The molecule has 0 fully saturated rings. The van der Waals surface area contributed by atoms with E-state index in [1.54, 1.807) is 18.2 Å². The minimum atomic E-state index is -0.533. The third kappa shape index (κ3) is 4.54. The highest BCUT2D eigenvalue weighted by Gasteiger charge is 2.18. The minimum absolute atomic E-state index is 0.166. The highest BCUT2D eigenvalue weighted by atomic mass is 35.5. The van der Waals surface area contributed by atoms with Gasteiger partial charge in [0, 0.05) is 16.8 Å². The number of nitro benzene ring substituents is 1. The normalized spacial score (nSPS) is 10.8. The molecule has 0 unspecified atom stereocenters. The average Bonchev–Trinajstić information content (AvgIpc) is 3.12. The Kier molecular flexibility index (Phi) is 5.71. The van der Waals surface area contributed by atoms with E-state index in [2.05, 4.69) is 15.8 Å². The molecule has 28 heavy (non-hydrogen) atoms. The van der Waals surface area contributed by atoms with Crippen molar-refractivity contribution in [1.82, 2.24) is 5.43 Å². The monoisotopic (exact) mass is 398 g/mol. The topological polar surface area (TPSA) is 110 Å². The van der Waals surface area contributed by atoms with E-state index >= 15 is 0 Å². The lowest BCUT2D eigenvalue weighted by molar-refractivity contribution is -0.384. The second kappa shape index (κ2) is 8.36. The molecule has 3 aromatic rings. The van der Waals surface area contributed by atoms with Crippen molar-refractivity contribution in [3.05, 3.63) is 81.1 Å². The summed E-state index contributed by atoms with van der Waals surface area (Å²) in [6.45, 7) is 1.87. The van der Waals surface area contributed by atoms with Crippen LogP contribution in [0.15, 0.2) is 64.1 Å². The van der Waals surface area contributed by atoms with Gasteiger partial charge in [-0.25, -0.2) is 10.2 Å². The summed E-state index contributed by atoms with van der Waals surface area (Å²) in [7, 11) is 0. The lowest BCUT2D eigenvalue weighted by Crippen LogP contribution is -2.24. The number of nitrogens with zero attached hydrogens (tertiary/aromatic N) is 2. The number of urea groups is 1. The van der Waals surface area contributed by atoms with Gasteiger partial charge in [-0.2, -0.15) is 5.10 Å². The van der Waals surface area contributed by atoms with Crippen LogP contribution in [0.4, 0.5) is 16.2 Å². The molecule has 2 aromatic carbocycles. The van der Waals surface area contributed by atoms with Crippen LogP contribution in [-0.2, 0) is 0 Å². The Labute approximate surface area is 165 Å². The first-order valence-corrected chi connectivity index (χ1v) is 8.51. The molecule has 1 heterocycles. The van der Waals surface area contributed by atoms with Crippen LogP contribution in [0.3, 0.4) is 0 Å². The largest absolute Gasteiger partial charge is 0.455 e. The number of nitrogens with one attached hydrogen (secondary N) is 2. The summed E-state index contributed by atoms with van der Waals surface area (Å²) in [4.78, 5) is 22.5. The number of benzene rings is 2. The number of furan rings is 1. The van der Waals surface area contributed by atoms with Gasteiger partial charge < -0.3 is 9.73 Å². The van der Waals surface area contributed by atoms with Gasteiger partial charge in [0.15, 0.2) is 0 Å². The number of nitro groups is 1. The number of carbonyl (C=O) groups is 1. The van der Waals surface area contributed by atoms with E-state index in [9.17, 15) is 14.9 Å². The zero-order valence-corrected chi connectivity index (χ0v) is 15.4. The molecule has 1 aromatic heterocycles. The van der Waals surface area contributed by atoms with Gasteiger partial charge in [0.05, 0.1) is 16.7 Å². The van der Waals surface area contributed by atoms with Crippen LogP contribution in [0.5, 0.6) is 0 Å². The molecule has 0 aliphatic carbocycles. The average molecular weight is 399 g/mol. The second-order valence-corrected chi connectivity index (χ2v) is 6.20. The van der Waals surface area contributed by atoms with Crippen LogP contribution in [0.1, 0.15) is 11.3 Å². The number of halogens is 1. The maximum atomic E-state index is 11.9. The number of hydrazone groups is 1. The standard InChI is InChI=1S/C19H15ClN4O4/c1-12-4-2-3-5-16(12)22-19(25)23-21-11-14-7-9-18(28-14)15-8-6-13(20)10-17(15)24(26)27/h2-11H,1H3,(H2,22,23,25). The Morgan fingerprint density at radius 1 is 1.21 bits per heavy atom. The molecule has 0 aliphatic rings. The molecule has 0 atom stereocenters. The van der Waals surface area contributed by atoms with Crippen molar-refractivity contribution in [3.63, 3.8) is 0 Å². The summed E-state index contributed by atoms with van der Waals surface area (Å²) in [5.74, 6) is 0.601. The van der Waals surface area contributed by atoms with E-state index in [4.69, 9.17) is 16.0 Å². The zero-order valence-electron chi connectivity index (χ0n) is 14.7. The van der Waals surface area contributed by atoms with E-state index in [1.165, 1.54) is 24.4 Å². The van der Waals surface area contributed by atoms with Crippen molar-refractivity contribution >= 4 is 35.2 Å². The first kappa shape index (κ1) is 19.1. The number of aryl methyl sites for hydroxylation is 1. The Balaban J connectivity index is 1.67. The Morgan fingerprint density at radius 3 is 2.75 bits per heavy atom. The van der Waals surface area contributed by atoms with Gasteiger partial charge in [-0.15, -0.1) is 0 Å². The predicted octanol–water partition coefficient (Wildman–Crippen LogP) is 4.97. The SMILES string of the molecule is Cc1ccccc1NC(=O)NN=Cc1ccc(-c2ccc(Cl)cc2[N+](=O)[O-])o1. The molecule has 142 valence electrons. The van der Waals surface area contributed by atoms with Gasteiger partial charge in [-0.3, -0.25) is 10.1 Å². The number of hydrogen-bond donors (Lipinski definition) is 2. The van der Waals surface area contributed by atoms with Crippen LogP contribution in [0, 0.1) is 17.0 Å². The van der Waals surface area contributed by atoms with E-state index in [0.29, 0.717) is 17.0 Å². The van der Waals surface area contributed by atoms with Crippen molar-refractivity contribution < 1.29 is 14.1 Å². The van der Waals surface area contributed by atoms with Gasteiger partial charge in [0.1, 0.15) is 11.5 Å². The number of rotatable bonds is 5. The van der Waals surface area contributed by atoms with Crippen molar-refractivity contribution in [2.45, 2.75) is 6.92 Å². The molecular formula is C19H15ClN4O4. The van der Waals surface area contributed by atoms with Gasteiger partial charge in [-0.1, -0.05) is 29.8 Å². The summed E-state index contributed by atoms with van der Waals surface area (Å²) in [6, 6.07) is 14.3. The van der Waals surface area contributed by atoms with E-state index in [-0.39, 0.29) is 16.5 Å². The third-order valence-corrected chi connectivity index (χ3v) is 4.03. The summed E-state index contributed by atoms with van der Waals surface area (Å²) in [5, 5.41) is 17.9. The number of para-hydroxylation sites is 1. The number of amides is 2. The highest BCUT2D eigenvalue weighted by molar-refractivity contribution is 6.30. The molecule has 0 radical (unpaired) electrons. The molecule has 9 heteroatoms. The third-order valence-electron chi connectivity index (χ3n) is 3.80. The van der Waals surface area contributed by atoms with Gasteiger partial charge in [0.2, 0.25) is 0 Å². The first-order chi connectivity index (χ1) is 13.4. The molecule has 0 saturated heterocycles. The zero-order chi connectivity index (χ0) is 20.1. The summed E-state index contributed by atoms with van der Waals surface area (Å²) in [5.41, 5.74) is 4.04. The van der Waals surface area contributed by atoms with Crippen molar-refractivity contribution in [3.8, 4) is 11.3 Å². The lowest BCUT2D eigenvalue weighted by Gasteiger charge is -2.06. The van der Waals surface area contributed by atoms with Gasteiger partial charge in [-0.05, 0) is 42.8 Å². The molecule has 2 N–H and O–H groups in total. The summed E-state index contributed by atoms with van der Waals surface area (Å²) in [6.07, 6.45) is 1.29. The smallest absolute Gasteiger partial charge is 0.339 e. The van der Waals surface area contributed by atoms with Crippen molar-refractivity contribution in [2.75, 3.05) is 5.32 Å². The molecule has 3 rings (SSSR count). The van der Waals surface area contributed by atoms with Crippen LogP contribution < -0.4 is 10.7 Å². The molecule has 0 saturated carbocycles. The van der Waals surface area contributed by atoms with Crippen LogP contribution >= 0.6 is 11.6 Å². The van der Waals surface area contributed by atoms with Crippen molar-refractivity contribution in [2.24, 2.45) is 5.10 Å². The van der Waals surface area contributed by atoms with Crippen LogP contribution in [-0.4, -0.2) is 17.2 Å². The Morgan fingerprint density at radius 2 is 2.00 bits per heavy atom. The molecule has 0 spiro atoms. The van der Waals surface area contributed by atoms with Gasteiger partial charge >= 0.3 is 6.03 Å².